The quantitative estimate of drug-likeness (QED) is 0.552. The molecule has 0 aromatic carbocycles. The van der Waals surface area contributed by atoms with E-state index in [1.54, 1.807) is 13.8 Å². The molecule has 1 aliphatic rings. The summed E-state index contributed by atoms with van der Waals surface area (Å²) >= 11 is 0. The SMILES string of the molecule is CC1(C)OC[C@H]([C@@H](O)[C@H](O[Si](C)(C)C(C)(C)C)C(=O)CO[Si](C)(C)C(C)(C)C)O1. The second kappa shape index (κ2) is 8.80. The number of hydrogen-bond acceptors (Lipinski definition) is 6. The molecular weight excluding hydrogens is 404 g/mol. The fourth-order valence-electron chi connectivity index (χ4n) is 2.45. The number of ether oxygens (including phenoxy) is 2. The van der Waals surface area contributed by atoms with Crippen molar-refractivity contribution in [1.82, 2.24) is 0 Å². The number of carbonyl (C=O) groups is 1. The minimum absolute atomic E-state index is 0.00585. The Morgan fingerprint density at radius 2 is 1.55 bits per heavy atom. The van der Waals surface area contributed by atoms with Gasteiger partial charge in [0.05, 0.1) is 13.2 Å². The van der Waals surface area contributed by atoms with Gasteiger partial charge in [-0.15, -0.1) is 0 Å². The smallest absolute Gasteiger partial charge is 0.193 e. The molecule has 1 N–H and O–H groups in total. The van der Waals surface area contributed by atoms with Crippen LogP contribution in [0.3, 0.4) is 0 Å². The normalized spacial score (nSPS) is 23.1. The van der Waals surface area contributed by atoms with E-state index in [9.17, 15) is 9.90 Å². The molecule has 1 aliphatic heterocycles. The van der Waals surface area contributed by atoms with Crippen LogP contribution in [0.15, 0.2) is 0 Å². The Morgan fingerprint density at radius 1 is 1.07 bits per heavy atom. The molecule has 6 nitrogen and oxygen atoms in total. The standard InChI is InChI=1S/C21H44O6Si2/c1-19(2,3)28(9,10)25-13-15(22)18(27-29(11,12)20(4,5)6)17(23)16-14-24-21(7,8)26-16/h16-18,23H,13-14H2,1-12H3/t16-,17-,18-/m1/s1. The summed E-state index contributed by atoms with van der Waals surface area (Å²) in [7, 11) is -4.41. The van der Waals surface area contributed by atoms with Gasteiger partial charge in [0.25, 0.3) is 0 Å². The molecule has 172 valence electrons. The third-order valence-electron chi connectivity index (χ3n) is 6.65. The van der Waals surface area contributed by atoms with Gasteiger partial charge in [0.1, 0.15) is 18.3 Å². The van der Waals surface area contributed by atoms with Crippen LogP contribution in [0.4, 0.5) is 0 Å². The van der Waals surface area contributed by atoms with Crippen LogP contribution in [0.1, 0.15) is 55.4 Å². The van der Waals surface area contributed by atoms with Crippen molar-refractivity contribution < 1.29 is 28.2 Å². The highest BCUT2D eigenvalue weighted by atomic mass is 28.4. The molecule has 0 spiro atoms. The molecule has 0 aliphatic carbocycles. The van der Waals surface area contributed by atoms with Crippen molar-refractivity contribution in [2.45, 2.75) is 116 Å². The highest BCUT2D eigenvalue weighted by molar-refractivity contribution is 6.74. The largest absolute Gasteiger partial charge is 0.409 e. The van der Waals surface area contributed by atoms with E-state index in [0.29, 0.717) is 0 Å². The lowest BCUT2D eigenvalue weighted by molar-refractivity contribution is -0.164. The summed E-state index contributed by atoms with van der Waals surface area (Å²) in [4.78, 5) is 13.2. The van der Waals surface area contributed by atoms with E-state index < -0.39 is 40.7 Å². The fraction of sp³-hybridized carbons (Fsp3) is 0.952. The summed E-state index contributed by atoms with van der Waals surface area (Å²) < 4.78 is 23.9. The van der Waals surface area contributed by atoms with Gasteiger partial charge < -0.3 is 23.4 Å². The first-order chi connectivity index (χ1) is 12.7. The zero-order valence-corrected chi connectivity index (χ0v) is 22.6. The van der Waals surface area contributed by atoms with E-state index in [-0.39, 0.29) is 29.1 Å². The van der Waals surface area contributed by atoms with Gasteiger partial charge in [0.15, 0.2) is 28.2 Å². The number of Topliss-reactive ketones (excluding diaryl/α,β-unsaturated/α-hetero) is 1. The van der Waals surface area contributed by atoms with Crippen LogP contribution in [-0.4, -0.2) is 64.8 Å². The average molecular weight is 449 g/mol. The maximum atomic E-state index is 13.2. The van der Waals surface area contributed by atoms with E-state index in [1.807, 2.05) is 0 Å². The molecule has 3 atom stereocenters. The molecule has 0 aromatic rings. The lowest BCUT2D eigenvalue weighted by Crippen LogP contribution is -2.55. The molecule has 0 bridgehead atoms. The number of ketones is 1. The van der Waals surface area contributed by atoms with Crippen LogP contribution in [0.5, 0.6) is 0 Å². The summed E-state index contributed by atoms with van der Waals surface area (Å²) in [5.41, 5.74) is 0. The summed E-state index contributed by atoms with van der Waals surface area (Å²) in [6.45, 7) is 24.8. The van der Waals surface area contributed by atoms with E-state index in [1.165, 1.54) is 0 Å². The molecule has 1 heterocycles. The molecule has 29 heavy (non-hydrogen) atoms. The second-order valence-corrected chi connectivity index (χ2v) is 21.2. The summed E-state index contributed by atoms with van der Waals surface area (Å²) in [6, 6.07) is 0. The van der Waals surface area contributed by atoms with Crippen molar-refractivity contribution in [3.05, 3.63) is 0 Å². The second-order valence-electron chi connectivity index (χ2n) is 11.7. The average Bonchev–Trinajstić information content (AvgIpc) is 2.87. The van der Waals surface area contributed by atoms with Crippen LogP contribution < -0.4 is 0 Å². The van der Waals surface area contributed by atoms with Gasteiger partial charge in [-0.05, 0) is 50.1 Å². The highest BCUT2D eigenvalue weighted by Crippen LogP contribution is 2.39. The Morgan fingerprint density at radius 3 is 1.93 bits per heavy atom. The lowest BCUT2D eigenvalue weighted by atomic mass is 10.1. The Labute approximate surface area is 179 Å². The van der Waals surface area contributed by atoms with Crippen LogP contribution in [-0.2, 0) is 23.1 Å². The molecule has 1 rings (SSSR count). The van der Waals surface area contributed by atoms with Crippen molar-refractivity contribution >= 4 is 22.4 Å². The van der Waals surface area contributed by atoms with Gasteiger partial charge in [-0.25, -0.2) is 0 Å². The number of aliphatic hydroxyl groups is 1. The van der Waals surface area contributed by atoms with Crippen molar-refractivity contribution in [3.8, 4) is 0 Å². The molecule has 1 saturated heterocycles. The first-order valence-corrected chi connectivity index (χ1v) is 16.4. The molecule has 0 saturated carbocycles. The fourth-order valence-corrected chi connectivity index (χ4v) is 4.64. The maximum absolute atomic E-state index is 13.2. The number of aliphatic hydroxyl groups excluding tert-OH is 1. The summed E-state index contributed by atoms with van der Waals surface area (Å²) in [5.74, 6) is -1.02. The monoisotopic (exact) mass is 448 g/mol. The number of carbonyl (C=O) groups excluding carboxylic acids is 1. The highest BCUT2D eigenvalue weighted by Gasteiger charge is 2.48. The zero-order chi connectivity index (χ0) is 23.1. The topological polar surface area (TPSA) is 74.2 Å². The van der Waals surface area contributed by atoms with Gasteiger partial charge in [0, 0.05) is 0 Å². The van der Waals surface area contributed by atoms with Crippen LogP contribution in [0, 0.1) is 0 Å². The van der Waals surface area contributed by atoms with E-state index in [2.05, 4.69) is 67.7 Å². The van der Waals surface area contributed by atoms with Gasteiger partial charge in [-0.3, -0.25) is 4.79 Å². The molecule has 0 unspecified atom stereocenters. The van der Waals surface area contributed by atoms with E-state index >= 15 is 0 Å². The molecule has 0 aromatic heterocycles. The van der Waals surface area contributed by atoms with Crippen LogP contribution in [0.25, 0.3) is 0 Å². The maximum Gasteiger partial charge on any atom is 0.193 e. The van der Waals surface area contributed by atoms with Crippen molar-refractivity contribution in [2.75, 3.05) is 13.2 Å². The minimum Gasteiger partial charge on any atom is -0.409 e. The minimum atomic E-state index is -2.31. The van der Waals surface area contributed by atoms with E-state index in [4.69, 9.17) is 18.3 Å². The van der Waals surface area contributed by atoms with Crippen molar-refractivity contribution in [1.29, 1.82) is 0 Å². The molecule has 1 fully saturated rings. The molecular formula is C21H44O6Si2. The first kappa shape index (κ1) is 26.9. The Balaban J connectivity index is 3.05. The van der Waals surface area contributed by atoms with E-state index in [0.717, 1.165) is 0 Å². The Hall–Kier alpha value is -0.0962. The summed E-state index contributed by atoms with van der Waals surface area (Å²) in [6.07, 6.45) is -2.72. The third-order valence-corrected chi connectivity index (χ3v) is 15.6. The number of hydrogen-bond donors (Lipinski definition) is 1. The predicted octanol–water partition coefficient (Wildman–Crippen LogP) is 4.48. The molecule has 0 amide bonds. The Kier molecular flexibility index (Phi) is 8.18. The first-order valence-electron chi connectivity index (χ1n) is 10.5. The zero-order valence-electron chi connectivity index (χ0n) is 20.6. The van der Waals surface area contributed by atoms with Gasteiger partial charge in [0.2, 0.25) is 0 Å². The van der Waals surface area contributed by atoms with Gasteiger partial charge >= 0.3 is 0 Å². The molecule has 8 heteroatoms. The molecule has 0 radical (unpaired) electrons. The van der Waals surface area contributed by atoms with Gasteiger partial charge in [-0.1, -0.05) is 41.5 Å². The lowest BCUT2D eigenvalue weighted by Gasteiger charge is -2.41. The summed E-state index contributed by atoms with van der Waals surface area (Å²) in [5, 5.41) is 11.0. The van der Waals surface area contributed by atoms with Crippen LogP contribution >= 0.6 is 0 Å². The third kappa shape index (κ3) is 6.95. The number of rotatable bonds is 8. The van der Waals surface area contributed by atoms with Crippen molar-refractivity contribution in [3.63, 3.8) is 0 Å². The van der Waals surface area contributed by atoms with Gasteiger partial charge in [-0.2, -0.15) is 0 Å². The Bertz CT molecular complexity index is 575. The van der Waals surface area contributed by atoms with Crippen molar-refractivity contribution in [2.24, 2.45) is 0 Å². The predicted molar refractivity (Wildman–Crippen MR) is 121 cm³/mol. The van der Waals surface area contributed by atoms with Crippen LogP contribution in [0.2, 0.25) is 36.3 Å².